The van der Waals surface area contributed by atoms with E-state index >= 15 is 0 Å². The molecule has 6 heteroatoms. The number of rotatable bonds is 5. The van der Waals surface area contributed by atoms with Gasteiger partial charge in [-0.3, -0.25) is 10.2 Å². The number of hydrazone groups is 1. The summed E-state index contributed by atoms with van der Waals surface area (Å²) in [6.45, 7) is 4.30. The molecule has 3 aliphatic rings. The maximum Gasteiger partial charge on any atom is 0.283 e. The first kappa shape index (κ1) is 20.1. The van der Waals surface area contributed by atoms with E-state index in [0.29, 0.717) is 16.7 Å². The molecule has 0 radical (unpaired) electrons. The largest absolute Gasteiger partial charge is 0.283 e. The Kier molecular flexibility index (Phi) is 5.99. The third-order valence-electron chi connectivity index (χ3n) is 5.90. The van der Waals surface area contributed by atoms with Crippen LogP contribution >= 0.6 is 11.8 Å². The lowest BCUT2D eigenvalue weighted by atomic mass is 9.86. The first-order valence-electron chi connectivity index (χ1n) is 10.6. The van der Waals surface area contributed by atoms with Crippen LogP contribution in [0.25, 0.3) is 6.08 Å². The molecular formula is C23H28N4OS. The van der Waals surface area contributed by atoms with Crippen LogP contribution in [-0.4, -0.2) is 27.0 Å². The minimum absolute atomic E-state index is 0.119. The van der Waals surface area contributed by atoms with Crippen LogP contribution in [0.4, 0.5) is 0 Å². The van der Waals surface area contributed by atoms with Gasteiger partial charge < -0.3 is 0 Å². The number of aliphatic imine (C=N–C) groups is 1. The van der Waals surface area contributed by atoms with Crippen molar-refractivity contribution in [2.24, 2.45) is 16.0 Å². The zero-order valence-corrected chi connectivity index (χ0v) is 18.0. The predicted molar refractivity (Wildman–Crippen MR) is 121 cm³/mol. The van der Waals surface area contributed by atoms with Crippen LogP contribution in [0.2, 0.25) is 0 Å². The highest BCUT2D eigenvalue weighted by molar-refractivity contribution is 8.26. The Balaban J connectivity index is 1.47. The van der Waals surface area contributed by atoms with Crippen LogP contribution < -0.4 is 0 Å². The first-order valence-corrected chi connectivity index (χ1v) is 11.4. The molecule has 1 amide bonds. The summed E-state index contributed by atoms with van der Waals surface area (Å²) >= 11 is 1.44. The highest BCUT2D eigenvalue weighted by Gasteiger charge is 2.35. The van der Waals surface area contributed by atoms with Gasteiger partial charge in [-0.25, -0.2) is 0 Å². The van der Waals surface area contributed by atoms with Crippen molar-refractivity contribution in [2.45, 2.75) is 64.7 Å². The van der Waals surface area contributed by atoms with Crippen molar-refractivity contribution in [2.75, 3.05) is 0 Å². The summed E-state index contributed by atoms with van der Waals surface area (Å²) in [5.74, 6) is 1.01. The van der Waals surface area contributed by atoms with E-state index in [0.717, 1.165) is 29.4 Å². The summed E-state index contributed by atoms with van der Waals surface area (Å²) in [7, 11) is 0. The number of hydrogen-bond donors (Lipinski definition) is 1. The van der Waals surface area contributed by atoms with Gasteiger partial charge in [-0.1, -0.05) is 70.2 Å². The number of carbonyl (C=O) groups excluding carboxylic acids is 1. The predicted octanol–water partition coefficient (Wildman–Crippen LogP) is 5.79. The molecule has 1 aliphatic carbocycles. The van der Waals surface area contributed by atoms with Gasteiger partial charge in [-0.15, -0.1) is 0 Å². The standard InChI is InChI=1S/C23H28N4OS/c1-15(2)18-11-8-17(9-12-18)14-19-21(24)27-23(25-22(19)28)29-20(26-27)13-10-16-6-4-3-5-7-16/h8-9,11-12,14-16,24H,3-7,10,13H2,1-2H3. The molecule has 2 heterocycles. The summed E-state index contributed by atoms with van der Waals surface area (Å²) in [6, 6.07) is 8.10. The van der Waals surface area contributed by atoms with Crippen LogP contribution in [0.1, 0.15) is 75.8 Å². The molecule has 152 valence electrons. The second kappa shape index (κ2) is 8.66. The van der Waals surface area contributed by atoms with Crippen molar-refractivity contribution in [1.29, 1.82) is 5.41 Å². The maximum atomic E-state index is 12.6. The van der Waals surface area contributed by atoms with E-state index in [-0.39, 0.29) is 11.7 Å². The lowest BCUT2D eigenvalue weighted by Crippen LogP contribution is -2.35. The zero-order valence-electron chi connectivity index (χ0n) is 17.1. The Morgan fingerprint density at radius 1 is 1.21 bits per heavy atom. The fraction of sp³-hybridized carbons (Fsp3) is 0.478. The lowest BCUT2D eigenvalue weighted by molar-refractivity contribution is -0.114. The van der Waals surface area contributed by atoms with E-state index in [1.165, 1.54) is 54.4 Å². The number of fused-ring (bicyclic) bond motifs is 1. The highest BCUT2D eigenvalue weighted by Crippen LogP contribution is 2.33. The van der Waals surface area contributed by atoms with Gasteiger partial charge in [-0.2, -0.15) is 15.1 Å². The lowest BCUT2D eigenvalue weighted by Gasteiger charge is -2.20. The number of hydrogen-bond acceptors (Lipinski definition) is 4. The van der Waals surface area contributed by atoms with E-state index in [1.807, 2.05) is 12.1 Å². The fourth-order valence-electron chi connectivity index (χ4n) is 4.08. The zero-order chi connectivity index (χ0) is 20.4. The Bertz CT molecular complexity index is 892. The molecule has 0 unspecified atom stereocenters. The molecule has 5 nitrogen and oxygen atoms in total. The minimum Gasteiger partial charge on any atom is -0.282 e. The van der Waals surface area contributed by atoms with Gasteiger partial charge in [0, 0.05) is 0 Å². The van der Waals surface area contributed by atoms with Crippen molar-refractivity contribution in [3.8, 4) is 0 Å². The fourth-order valence-corrected chi connectivity index (χ4v) is 4.98. The van der Waals surface area contributed by atoms with Crippen molar-refractivity contribution in [3.63, 3.8) is 0 Å². The van der Waals surface area contributed by atoms with Crippen molar-refractivity contribution in [1.82, 2.24) is 5.01 Å². The topological polar surface area (TPSA) is 68.9 Å². The molecule has 29 heavy (non-hydrogen) atoms. The molecule has 1 aromatic carbocycles. The van der Waals surface area contributed by atoms with E-state index in [4.69, 9.17) is 5.41 Å². The molecule has 0 atom stereocenters. The summed E-state index contributed by atoms with van der Waals surface area (Å²) in [5.41, 5.74) is 2.44. The average Bonchev–Trinajstić information content (AvgIpc) is 3.14. The first-order chi connectivity index (χ1) is 14.0. The molecule has 0 aromatic heterocycles. The summed E-state index contributed by atoms with van der Waals surface area (Å²) < 4.78 is 0. The number of carbonyl (C=O) groups is 1. The molecule has 4 rings (SSSR count). The van der Waals surface area contributed by atoms with E-state index in [9.17, 15) is 4.79 Å². The second-order valence-electron chi connectivity index (χ2n) is 8.38. The second-order valence-corrected chi connectivity index (χ2v) is 9.42. The van der Waals surface area contributed by atoms with Crippen LogP contribution in [-0.2, 0) is 4.79 Å². The number of benzene rings is 1. The average molecular weight is 409 g/mol. The SMILES string of the molecule is CC(C)c1ccc(C=C2C(=N)N3N=C(CCC4CCCCC4)SC3=NC2=O)cc1. The van der Waals surface area contributed by atoms with E-state index in [1.54, 1.807) is 6.08 Å². The quantitative estimate of drug-likeness (QED) is 0.627. The van der Waals surface area contributed by atoms with Gasteiger partial charge >= 0.3 is 0 Å². The summed E-state index contributed by atoms with van der Waals surface area (Å²) in [4.78, 5) is 16.8. The van der Waals surface area contributed by atoms with Crippen molar-refractivity contribution >= 4 is 39.8 Å². The van der Waals surface area contributed by atoms with Gasteiger partial charge in [0.05, 0.1) is 5.57 Å². The Morgan fingerprint density at radius 3 is 2.62 bits per heavy atom. The molecule has 0 saturated heterocycles. The van der Waals surface area contributed by atoms with E-state index < -0.39 is 0 Å². The number of nitrogens with zero attached hydrogens (tertiary/aromatic N) is 3. The normalized spacial score (nSPS) is 21.6. The van der Waals surface area contributed by atoms with Gasteiger partial charge in [0.15, 0.2) is 5.84 Å². The smallest absolute Gasteiger partial charge is 0.282 e. The number of amidine groups is 2. The Morgan fingerprint density at radius 2 is 1.93 bits per heavy atom. The maximum absolute atomic E-state index is 12.6. The van der Waals surface area contributed by atoms with E-state index in [2.05, 4.69) is 36.1 Å². The third kappa shape index (κ3) is 4.53. The molecule has 0 spiro atoms. The number of thioether (sulfide) groups is 1. The van der Waals surface area contributed by atoms with Gasteiger partial charge in [0.2, 0.25) is 5.17 Å². The minimum atomic E-state index is -0.356. The number of amides is 1. The van der Waals surface area contributed by atoms with Crippen LogP contribution in [0, 0.1) is 11.3 Å². The van der Waals surface area contributed by atoms with Gasteiger partial charge in [0.25, 0.3) is 5.91 Å². The Labute approximate surface area is 176 Å². The summed E-state index contributed by atoms with van der Waals surface area (Å²) in [5, 5.41) is 16.1. The molecule has 0 bridgehead atoms. The highest BCUT2D eigenvalue weighted by atomic mass is 32.2. The molecular weight excluding hydrogens is 380 g/mol. The van der Waals surface area contributed by atoms with Gasteiger partial charge in [-0.05, 0) is 53.6 Å². The number of nitrogens with one attached hydrogen (secondary N) is 1. The molecule has 1 aromatic rings. The van der Waals surface area contributed by atoms with Crippen LogP contribution in [0.15, 0.2) is 39.9 Å². The molecule has 1 fully saturated rings. The van der Waals surface area contributed by atoms with Crippen molar-refractivity contribution in [3.05, 3.63) is 41.0 Å². The van der Waals surface area contributed by atoms with Crippen LogP contribution in [0.5, 0.6) is 0 Å². The monoisotopic (exact) mass is 408 g/mol. The summed E-state index contributed by atoms with van der Waals surface area (Å²) in [6.07, 6.45) is 10.5. The third-order valence-corrected chi connectivity index (χ3v) is 6.87. The molecule has 1 N–H and O–H groups in total. The van der Waals surface area contributed by atoms with Gasteiger partial charge in [0.1, 0.15) is 5.04 Å². The van der Waals surface area contributed by atoms with Crippen molar-refractivity contribution < 1.29 is 4.79 Å². The molecule has 1 saturated carbocycles. The molecule has 2 aliphatic heterocycles. The Hall–Kier alpha value is -2.21. The van der Waals surface area contributed by atoms with Crippen LogP contribution in [0.3, 0.4) is 0 Å².